The van der Waals surface area contributed by atoms with Gasteiger partial charge in [0.05, 0.1) is 29.6 Å². The summed E-state index contributed by atoms with van der Waals surface area (Å²) in [5.41, 5.74) is 2.05. The smallest absolute Gasteiger partial charge is 0.295 e. The fraction of sp³-hybridized carbons (Fsp3) is 0.219. The van der Waals surface area contributed by atoms with Gasteiger partial charge in [-0.05, 0) is 54.8 Å². The Morgan fingerprint density at radius 2 is 1.78 bits per heavy atom. The second-order valence-electron chi connectivity index (χ2n) is 9.57. The van der Waals surface area contributed by atoms with Crippen molar-refractivity contribution in [1.82, 2.24) is 14.5 Å². The topological polar surface area (TPSA) is 93.9 Å². The lowest BCUT2D eigenvalue weighted by atomic mass is 9.95. The molecule has 1 N–H and O–H groups in total. The van der Waals surface area contributed by atoms with Gasteiger partial charge in [-0.25, -0.2) is 4.98 Å². The van der Waals surface area contributed by atoms with Gasteiger partial charge < -0.3 is 24.0 Å². The van der Waals surface area contributed by atoms with E-state index in [1.807, 2.05) is 60.2 Å². The first-order valence-corrected chi connectivity index (χ1v) is 13.8. The van der Waals surface area contributed by atoms with Crippen molar-refractivity contribution in [3.8, 4) is 11.5 Å². The summed E-state index contributed by atoms with van der Waals surface area (Å²) in [5.74, 6) is -0.589. The Morgan fingerprint density at radius 3 is 2.46 bits per heavy atom. The van der Waals surface area contributed by atoms with Crippen LogP contribution in [0.25, 0.3) is 5.76 Å². The fourth-order valence-corrected chi connectivity index (χ4v) is 5.10. The number of benzene rings is 3. The minimum atomic E-state index is -0.786. The Bertz CT molecular complexity index is 1540. The third-order valence-corrected chi connectivity index (χ3v) is 7.16. The van der Waals surface area contributed by atoms with Gasteiger partial charge in [0.1, 0.15) is 23.9 Å². The van der Waals surface area contributed by atoms with Gasteiger partial charge in [0.15, 0.2) is 0 Å². The zero-order valence-corrected chi connectivity index (χ0v) is 23.3. The molecule has 1 unspecified atom stereocenters. The van der Waals surface area contributed by atoms with E-state index in [1.54, 1.807) is 36.8 Å². The molecule has 41 heavy (non-hydrogen) atoms. The average Bonchev–Trinajstić information content (AvgIpc) is 3.60. The van der Waals surface area contributed by atoms with E-state index >= 15 is 0 Å². The van der Waals surface area contributed by atoms with Gasteiger partial charge in [0.25, 0.3) is 11.7 Å². The summed E-state index contributed by atoms with van der Waals surface area (Å²) in [4.78, 5) is 32.3. The Balaban J connectivity index is 1.46. The van der Waals surface area contributed by atoms with E-state index in [1.165, 1.54) is 11.0 Å². The number of carbonyl (C=O) groups excluding carboxylic acids is 2. The number of Topliss-reactive ketones (excluding diaryl/α,β-unsaturated/α-hetero) is 1. The lowest BCUT2D eigenvalue weighted by Gasteiger charge is -2.25. The fourth-order valence-electron chi connectivity index (χ4n) is 4.86. The number of aryl methyl sites for hydroxylation is 1. The predicted octanol–water partition coefficient (Wildman–Crippen LogP) is 6.03. The maximum Gasteiger partial charge on any atom is 0.295 e. The largest absolute Gasteiger partial charge is 0.507 e. The Labute approximate surface area is 243 Å². The number of aromatic nitrogens is 2. The van der Waals surface area contributed by atoms with E-state index in [0.717, 1.165) is 5.56 Å². The molecule has 0 radical (unpaired) electrons. The van der Waals surface area contributed by atoms with Crippen molar-refractivity contribution in [1.29, 1.82) is 0 Å². The third kappa shape index (κ3) is 6.28. The van der Waals surface area contributed by atoms with Crippen LogP contribution in [-0.4, -0.2) is 44.4 Å². The molecule has 9 heteroatoms. The van der Waals surface area contributed by atoms with E-state index in [0.29, 0.717) is 60.4 Å². The SMILES string of the molecule is CCOc1ccc(/C(O)=C2\C(=O)C(=O)N(CCCn3ccnc3)C2c2ccc(OCc3ccccc3)cc2)cc1Cl. The first-order chi connectivity index (χ1) is 20.0. The van der Waals surface area contributed by atoms with Crippen LogP contribution < -0.4 is 9.47 Å². The molecule has 1 aromatic heterocycles. The van der Waals surface area contributed by atoms with Crippen LogP contribution in [-0.2, 0) is 22.7 Å². The van der Waals surface area contributed by atoms with Gasteiger partial charge in [0, 0.05) is 31.0 Å². The number of hydrogen-bond acceptors (Lipinski definition) is 6. The van der Waals surface area contributed by atoms with Crippen molar-refractivity contribution >= 4 is 29.1 Å². The summed E-state index contributed by atoms with van der Waals surface area (Å²) in [5, 5.41) is 11.7. The van der Waals surface area contributed by atoms with E-state index in [2.05, 4.69) is 4.98 Å². The summed E-state index contributed by atoms with van der Waals surface area (Å²) in [6, 6.07) is 21.1. The van der Waals surface area contributed by atoms with Gasteiger partial charge in [-0.3, -0.25) is 9.59 Å². The van der Waals surface area contributed by atoms with Gasteiger partial charge in [-0.15, -0.1) is 0 Å². The number of imidazole rings is 1. The highest BCUT2D eigenvalue weighted by Crippen LogP contribution is 2.41. The molecule has 3 aromatic carbocycles. The van der Waals surface area contributed by atoms with Crippen molar-refractivity contribution in [3.63, 3.8) is 0 Å². The normalized spacial score (nSPS) is 16.2. The second kappa shape index (κ2) is 12.7. The van der Waals surface area contributed by atoms with Gasteiger partial charge in [-0.1, -0.05) is 54.1 Å². The molecular weight excluding hydrogens is 542 g/mol. The summed E-state index contributed by atoms with van der Waals surface area (Å²) in [6.07, 6.45) is 5.83. The van der Waals surface area contributed by atoms with E-state index < -0.39 is 17.7 Å². The monoisotopic (exact) mass is 571 g/mol. The number of carbonyl (C=O) groups is 2. The van der Waals surface area contributed by atoms with Crippen LogP contribution in [0.1, 0.15) is 36.1 Å². The van der Waals surface area contributed by atoms with Crippen molar-refractivity contribution in [2.45, 2.75) is 32.5 Å². The number of rotatable bonds is 11. The quantitative estimate of drug-likeness (QED) is 0.134. The number of halogens is 1. The maximum absolute atomic E-state index is 13.4. The number of hydrogen-bond donors (Lipinski definition) is 1. The predicted molar refractivity (Wildman–Crippen MR) is 156 cm³/mol. The molecule has 1 aliphatic heterocycles. The Hall–Kier alpha value is -4.56. The molecule has 4 aromatic rings. The summed E-state index contributed by atoms with van der Waals surface area (Å²) >= 11 is 6.37. The number of aliphatic hydroxyl groups is 1. The Morgan fingerprint density at radius 1 is 1.00 bits per heavy atom. The van der Waals surface area contributed by atoms with Gasteiger partial charge in [-0.2, -0.15) is 0 Å². The molecule has 2 heterocycles. The minimum Gasteiger partial charge on any atom is -0.507 e. The van der Waals surface area contributed by atoms with Crippen LogP contribution in [0, 0.1) is 0 Å². The van der Waals surface area contributed by atoms with Crippen molar-refractivity contribution in [2.75, 3.05) is 13.2 Å². The molecule has 210 valence electrons. The zero-order valence-electron chi connectivity index (χ0n) is 22.6. The molecule has 1 atom stereocenters. The molecule has 1 saturated heterocycles. The first kappa shape index (κ1) is 28.0. The lowest BCUT2D eigenvalue weighted by Crippen LogP contribution is -2.31. The molecule has 0 saturated carbocycles. The Kier molecular flexibility index (Phi) is 8.70. The standard InChI is InChI=1S/C32H30ClN3O5/c1-2-40-27-14-11-24(19-26(27)33)30(37)28-29(36(32(39)31(28)38)17-6-16-35-18-15-34-21-35)23-9-12-25(13-10-23)41-20-22-7-4-3-5-8-22/h3-5,7-15,18-19,21,29,37H,2,6,16-17,20H2,1H3/b30-28+. The summed E-state index contributed by atoms with van der Waals surface area (Å²) in [6.45, 7) is 3.61. The minimum absolute atomic E-state index is 0.0100. The first-order valence-electron chi connectivity index (χ1n) is 13.4. The van der Waals surface area contributed by atoms with Gasteiger partial charge >= 0.3 is 0 Å². The van der Waals surface area contributed by atoms with Crippen molar-refractivity contribution in [3.05, 3.63) is 119 Å². The van der Waals surface area contributed by atoms with Crippen LogP contribution in [0.4, 0.5) is 0 Å². The molecule has 0 aliphatic carbocycles. The number of aliphatic hydroxyl groups excluding tert-OH is 1. The molecule has 1 amide bonds. The van der Waals surface area contributed by atoms with E-state index in [9.17, 15) is 14.7 Å². The highest BCUT2D eigenvalue weighted by Gasteiger charge is 2.45. The molecule has 1 fully saturated rings. The molecule has 0 spiro atoms. The average molecular weight is 572 g/mol. The lowest BCUT2D eigenvalue weighted by molar-refractivity contribution is -0.139. The second-order valence-corrected chi connectivity index (χ2v) is 9.98. The van der Waals surface area contributed by atoms with Crippen LogP contribution in [0.3, 0.4) is 0 Å². The maximum atomic E-state index is 13.4. The molecule has 8 nitrogen and oxygen atoms in total. The van der Waals surface area contributed by atoms with E-state index in [4.69, 9.17) is 21.1 Å². The highest BCUT2D eigenvalue weighted by molar-refractivity contribution is 6.46. The highest BCUT2D eigenvalue weighted by atomic mass is 35.5. The molecule has 5 rings (SSSR count). The number of ether oxygens (including phenoxy) is 2. The van der Waals surface area contributed by atoms with Crippen molar-refractivity contribution in [2.24, 2.45) is 0 Å². The van der Waals surface area contributed by atoms with Gasteiger partial charge in [0.2, 0.25) is 0 Å². The summed E-state index contributed by atoms with van der Waals surface area (Å²) < 4.78 is 13.3. The molecule has 0 bridgehead atoms. The zero-order chi connectivity index (χ0) is 28.8. The number of nitrogens with zero attached hydrogens (tertiary/aromatic N) is 3. The number of likely N-dealkylation sites (tertiary alicyclic amines) is 1. The summed E-state index contributed by atoms with van der Waals surface area (Å²) in [7, 11) is 0. The third-order valence-electron chi connectivity index (χ3n) is 6.86. The molecular formula is C32H30ClN3O5. The van der Waals surface area contributed by atoms with Crippen molar-refractivity contribution < 1.29 is 24.2 Å². The van der Waals surface area contributed by atoms with Crippen LogP contribution in [0.15, 0.2) is 97.1 Å². The van der Waals surface area contributed by atoms with Crippen LogP contribution >= 0.6 is 11.6 Å². The van der Waals surface area contributed by atoms with Crippen LogP contribution in [0.2, 0.25) is 5.02 Å². The number of amides is 1. The molecule has 1 aliphatic rings. The van der Waals surface area contributed by atoms with E-state index in [-0.39, 0.29) is 11.3 Å². The van der Waals surface area contributed by atoms with Crippen LogP contribution in [0.5, 0.6) is 11.5 Å². The number of ketones is 1.